The summed E-state index contributed by atoms with van der Waals surface area (Å²) in [7, 11) is 1.79. The van der Waals surface area contributed by atoms with Crippen LogP contribution in [0.4, 0.5) is 0 Å². The van der Waals surface area contributed by atoms with Crippen LogP contribution in [0.3, 0.4) is 0 Å². The van der Waals surface area contributed by atoms with Crippen molar-refractivity contribution in [2.24, 2.45) is 7.05 Å². The van der Waals surface area contributed by atoms with Crippen LogP contribution >= 0.6 is 0 Å². The molecule has 0 aliphatic rings. The Morgan fingerprint density at radius 3 is 3.00 bits per heavy atom. The van der Waals surface area contributed by atoms with E-state index in [-0.39, 0.29) is 5.82 Å². The SMILES string of the molecule is Cn1cc(Cn2cnc(C#N)n2)nn1. The average molecular weight is 189 g/mol. The van der Waals surface area contributed by atoms with Crippen LogP contribution in [-0.4, -0.2) is 29.8 Å². The van der Waals surface area contributed by atoms with Crippen LogP contribution in [0.2, 0.25) is 0 Å². The van der Waals surface area contributed by atoms with Crippen LogP contribution in [0.1, 0.15) is 11.5 Å². The number of aromatic nitrogens is 6. The molecule has 7 nitrogen and oxygen atoms in total. The van der Waals surface area contributed by atoms with Crippen molar-refractivity contribution in [3.05, 3.63) is 24.0 Å². The minimum atomic E-state index is 0.161. The first-order valence-corrected chi connectivity index (χ1v) is 3.92. The van der Waals surface area contributed by atoms with Crippen molar-refractivity contribution in [3.63, 3.8) is 0 Å². The first-order valence-electron chi connectivity index (χ1n) is 3.92. The number of rotatable bonds is 2. The van der Waals surface area contributed by atoms with Gasteiger partial charge in [0.05, 0.1) is 6.54 Å². The predicted octanol–water partition coefficient (Wildman–Crippen LogP) is -0.673. The Bertz CT molecular complexity index is 474. The summed E-state index contributed by atoms with van der Waals surface area (Å²) < 4.78 is 3.15. The van der Waals surface area contributed by atoms with Gasteiger partial charge in [0.1, 0.15) is 18.1 Å². The number of hydrogen-bond donors (Lipinski definition) is 0. The molecule has 0 saturated carbocycles. The fourth-order valence-electron chi connectivity index (χ4n) is 1.06. The molecular weight excluding hydrogens is 182 g/mol. The lowest BCUT2D eigenvalue weighted by atomic mass is 10.5. The van der Waals surface area contributed by atoms with Gasteiger partial charge < -0.3 is 0 Å². The van der Waals surface area contributed by atoms with Crippen molar-refractivity contribution in [2.75, 3.05) is 0 Å². The highest BCUT2D eigenvalue weighted by molar-refractivity contribution is 5.06. The molecule has 14 heavy (non-hydrogen) atoms. The maximum absolute atomic E-state index is 8.50. The van der Waals surface area contributed by atoms with E-state index in [4.69, 9.17) is 5.26 Å². The molecule has 0 radical (unpaired) electrons. The molecule has 0 saturated heterocycles. The summed E-state index contributed by atoms with van der Waals surface area (Å²) >= 11 is 0. The highest BCUT2D eigenvalue weighted by Crippen LogP contribution is 1.95. The summed E-state index contributed by atoms with van der Waals surface area (Å²) in [6, 6.07) is 1.85. The van der Waals surface area contributed by atoms with Crippen LogP contribution in [0.15, 0.2) is 12.5 Å². The van der Waals surface area contributed by atoms with Gasteiger partial charge in [-0.3, -0.25) is 4.68 Å². The predicted molar refractivity (Wildman–Crippen MR) is 44.8 cm³/mol. The summed E-state index contributed by atoms with van der Waals surface area (Å²) in [4.78, 5) is 3.77. The average Bonchev–Trinajstić information content (AvgIpc) is 2.76. The zero-order valence-electron chi connectivity index (χ0n) is 7.49. The minimum Gasteiger partial charge on any atom is -0.255 e. The molecular formula is C7H7N7. The van der Waals surface area contributed by atoms with Gasteiger partial charge in [-0.25, -0.2) is 9.67 Å². The van der Waals surface area contributed by atoms with Gasteiger partial charge in [0.15, 0.2) is 0 Å². The van der Waals surface area contributed by atoms with Crippen molar-refractivity contribution in [3.8, 4) is 6.07 Å². The largest absolute Gasteiger partial charge is 0.255 e. The standard InChI is InChI=1S/C7H7N7/c1-13-3-6(10-12-13)4-14-5-9-7(2-8)11-14/h3,5H,4H2,1H3. The molecule has 7 heteroatoms. The molecule has 0 aliphatic carbocycles. The quantitative estimate of drug-likeness (QED) is 0.625. The Kier molecular flexibility index (Phi) is 1.95. The third-order valence-electron chi connectivity index (χ3n) is 1.61. The van der Waals surface area contributed by atoms with Crippen molar-refractivity contribution in [2.45, 2.75) is 6.54 Å². The van der Waals surface area contributed by atoms with Gasteiger partial charge in [0.25, 0.3) is 5.82 Å². The van der Waals surface area contributed by atoms with Crippen molar-refractivity contribution < 1.29 is 0 Å². The van der Waals surface area contributed by atoms with Crippen LogP contribution in [0, 0.1) is 11.3 Å². The fourth-order valence-corrected chi connectivity index (χ4v) is 1.06. The first-order chi connectivity index (χ1) is 6.78. The Morgan fingerprint density at radius 1 is 1.57 bits per heavy atom. The second-order valence-corrected chi connectivity index (χ2v) is 2.76. The lowest BCUT2D eigenvalue weighted by Crippen LogP contribution is -2.00. The van der Waals surface area contributed by atoms with E-state index in [1.165, 1.54) is 6.33 Å². The van der Waals surface area contributed by atoms with Gasteiger partial charge in [0.2, 0.25) is 0 Å². The molecule has 0 aromatic carbocycles. The summed E-state index contributed by atoms with van der Waals surface area (Å²) in [5, 5.41) is 20.1. The monoisotopic (exact) mass is 189 g/mol. The third kappa shape index (κ3) is 1.59. The number of aryl methyl sites for hydroxylation is 1. The van der Waals surface area contributed by atoms with Gasteiger partial charge in [0, 0.05) is 13.2 Å². The maximum Gasteiger partial charge on any atom is 0.252 e. The van der Waals surface area contributed by atoms with Crippen molar-refractivity contribution in [1.29, 1.82) is 5.26 Å². The molecule has 2 rings (SSSR count). The smallest absolute Gasteiger partial charge is 0.252 e. The molecule has 0 amide bonds. The van der Waals surface area contributed by atoms with Gasteiger partial charge in [-0.1, -0.05) is 5.21 Å². The molecule has 0 unspecified atom stereocenters. The third-order valence-corrected chi connectivity index (χ3v) is 1.61. The highest BCUT2D eigenvalue weighted by atomic mass is 15.4. The van der Waals surface area contributed by atoms with E-state index in [9.17, 15) is 0 Å². The highest BCUT2D eigenvalue weighted by Gasteiger charge is 2.02. The van der Waals surface area contributed by atoms with Crippen molar-refractivity contribution >= 4 is 0 Å². The molecule has 2 aromatic rings. The van der Waals surface area contributed by atoms with E-state index < -0.39 is 0 Å². The molecule has 70 valence electrons. The number of nitrogens with zero attached hydrogens (tertiary/aromatic N) is 7. The summed E-state index contributed by atoms with van der Waals surface area (Å²) in [6.07, 6.45) is 3.28. The second-order valence-electron chi connectivity index (χ2n) is 2.76. The topological polar surface area (TPSA) is 85.2 Å². The zero-order valence-corrected chi connectivity index (χ0v) is 7.49. The van der Waals surface area contributed by atoms with Crippen molar-refractivity contribution in [1.82, 2.24) is 29.8 Å². The van der Waals surface area contributed by atoms with Gasteiger partial charge >= 0.3 is 0 Å². The van der Waals surface area contributed by atoms with E-state index in [0.717, 1.165) is 5.69 Å². The van der Waals surface area contributed by atoms with E-state index in [1.54, 1.807) is 22.6 Å². The Hall–Kier alpha value is -2.23. The van der Waals surface area contributed by atoms with Crippen LogP contribution in [-0.2, 0) is 13.6 Å². The van der Waals surface area contributed by atoms with Crippen LogP contribution < -0.4 is 0 Å². The number of hydrogen-bond acceptors (Lipinski definition) is 5. The van der Waals surface area contributed by atoms with Crippen LogP contribution in [0.25, 0.3) is 0 Å². The molecule has 2 heterocycles. The minimum absolute atomic E-state index is 0.161. The summed E-state index contributed by atoms with van der Waals surface area (Å²) in [5.41, 5.74) is 0.780. The Balaban J connectivity index is 2.15. The molecule has 0 N–H and O–H groups in total. The molecule has 2 aromatic heterocycles. The lowest BCUT2D eigenvalue weighted by Gasteiger charge is -1.92. The van der Waals surface area contributed by atoms with E-state index in [2.05, 4.69) is 20.4 Å². The Morgan fingerprint density at radius 2 is 2.43 bits per heavy atom. The van der Waals surface area contributed by atoms with Crippen LogP contribution in [0.5, 0.6) is 0 Å². The fraction of sp³-hybridized carbons (Fsp3) is 0.286. The van der Waals surface area contributed by atoms with E-state index >= 15 is 0 Å². The van der Waals surface area contributed by atoms with Gasteiger partial charge in [-0.2, -0.15) is 5.26 Å². The lowest BCUT2D eigenvalue weighted by molar-refractivity contribution is 0.664. The number of nitriles is 1. The molecule has 0 atom stereocenters. The molecule has 0 bridgehead atoms. The summed E-state index contributed by atoms with van der Waals surface area (Å²) in [6.45, 7) is 0.475. The maximum atomic E-state index is 8.50. The normalized spacial score (nSPS) is 10.0. The van der Waals surface area contributed by atoms with E-state index in [0.29, 0.717) is 6.54 Å². The first kappa shape index (κ1) is 8.37. The molecule has 0 spiro atoms. The molecule has 0 fully saturated rings. The Labute approximate surface area is 79.6 Å². The zero-order chi connectivity index (χ0) is 9.97. The molecule has 0 aliphatic heterocycles. The summed E-state index contributed by atoms with van der Waals surface area (Å²) in [5.74, 6) is 0.161. The second kappa shape index (κ2) is 3.26. The van der Waals surface area contributed by atoms with Gasteiger partial charge in [-0.05, 0) is 0 Å². The van der Waals surface area contributed by atoms with E-state index in [1.807, 2.05) is 6.07 Å². The van der Waals surface area contributed by atoms with Gasteiger partial charge in [-0.15, -0.1) is 10.2 Å².